The van der Waals surface area contributed by atoms with Crippen LogP contribution < -0.4 is 0 Å². The van der Waals surface area contributed by atoms with Gasteiger partial charge >= 0.3 is 0 Å². The van der Waals surface area contributed by atoms with Crippen molar-refractivity contribution in [1.82, 2.24) is 15.2 Å². The average Bonchev–Trinajstić information content (AvgIpc) is 2.76. The summed E-state index contributed by atoms with van der Waals surface area (Å²) in [6, 6.07) is 2.04. The van der Waals surface area contributed by atoms with Gasteiger partial charge in [0.1, 0.15) is 11.4 Å². The van der Waals surface area contributed by atoms with Crippen molar-refractivity contribution in [1.29, 1.82) is 5.26 Å². The summed E-state index contributed by atoms with van der Waals surface area (Å²) < 4.78 is 5.78. The summed E-state index contributed by atoms with van der Waals surface area (Å²) in [5, 5.41) is 15.5. The summed E-state index contributed by atoms with van der Waals surface area (Å²) in [5.41, 5.74) is -0.418. The van der Waals surface area contributed by atoms with E-state index in [4.69, 9.17) is 10.00 Å². The quantitative estimate of drug-likeness (QED) is 0.798. The van der Waals surface area contributed by atoms with Gasteiger partial charge in [-0.1, -0.05) is 13.8 Å². The van der Waals surface area contributed by atoms with Crippen LogP contribution in [0.1, 0.15) is 45.3 Å². The Kier molecular flexibility index (Phi) is 4.44. The van der Waals surface area contributed by atoms with E-state index in [2.05, 4.69) is 29.0 Å². The van der Waals surface area contributed by atoms with Gasteiger partial charge in [-0.15, -0.1) is 0 Å². The van der Waals surface area contributed by atoms with Crippen molar-refractivity contribution in [2.24, 2.45) is 0 Å². The number of rotatable bonds is 6. The summed E-state index contributed by atoms with van der Waals surface area (Å²) >= 11 is 0. The molecule has 0 aliphatic carbocycles. The van der Waals surface area contributed by atoms with Gasteiger partial charge in [-0.25, -0.2) is 4.98 Å². The van der Waals surface area contributed by atoms with E-state index in [1.807, 2.05) is 13.0 Å². The smallest absolute Gasteiger partial charge is 0.182 e. The molecule has 0 radical (unpaired) electrons. The van der Waals surface area contributed by atoms with Crippen molar-refractivity contribution in [3.05, 3.63) is 11.6 Å². The second-order valence-electron chi connectivity index (χ2n) is 3.58. The monoisotopic (exact) mass is 222 g/mol. The van der Waals surface area contributed by atoms with Gasteiger partial charge in [-0.3, -0.25) is 5.10 Å². The van der Waals surface area contributed by atoms with Crippen molar-refractivity contribution >= 4 is 0 Å². The highest BCUT2D eigenvalue weighted by molar-refractivity contribution is 5.05. The summed E-state index contributed by atoms with van der Waals surface area (Å²) in [6.45, 7) is 6.70. The molecule has 0 spiro atoms. The standard InChI is InChI=1S/C11H18N4O/c1-4-11(5-2,16-6-3)10-13-9(7-8-12)14-15-10/h4-7H2,1-3H3,(H,13,14,15). The molecule has 0 aliphatic heterocycles. The van der Waals surface area contributed by atoms with Crippen LogP contribution in [0.4, 0.5) is 0 Å². The summed E-state index contributed by atoms with van der Waals surface area (Å²) in [4.78, 5) is 4.32. The summed E-state index contributed by atoms with van der Waals surface area (Å²) in [7, 11) is 0. The summed E-state index contributed by atoms with van der Waals surface area (Å²) in [5.74, 6) is 1.26. The van der Waals surface area contributed by atoms with E-state index < -0.39 is 5.60 Å². The lowest BCUT2D eigenvalue weighted by Gasteiger charge is -2.28. The molecule has 0 fully saturated rings. The van der Waals surface area contributed by atoms with Crippen LogP contribution in [0.3, 0.4) is 0 Å². The first-order valence-corrected chi connectivity index (χ1v) is 5.65. The van der Waals surface area contributed by atoms with Gasteiger partial charge in [0.15, 0.2) is 5.82 Å². The lowest BCUT2D eigenvalue weighted by Crippen LogP contribution is -2.29. The van der Waals surface area contributed by atoms with E-state index in [1.165, 1.54) is 0 Å². The predicted molar refractivity (Wildman–Crippen MR) is 59.6 cm³/mol. The first kappa shape index (κ1) is 12.7. The van der Waals surface area contributed by atoms with E-state index in [0.29, 0.717) is 18.3 Å². The molecule has 5 nitrogen and oxygen atoms in total. The van der Waals surface area contributed by atoms with E-state index in [0.717, 1.165) is 12.8 Å². The van der Waals surface area contributed by atoms with Crippen molar-refractivity contribution in [3.63, 3.8) is 0 Å². The van der Waals surface area contributed by atoms with Crippen LogP contribution in [-0.4, -0.2) is 21.8 Å². The molecule has 1 N–H and O–H groups in total. The largest absolute Gasteiger partial charge is 0.367 e. The molecule has 0 amide bonds. The number of nitrogens with zero attached hydrogens (tertiary/aromatic N) is 3. The second-order valence-corrected chi connectivity index (χ2v) is 3.58. The van der Waals surface area contributed by atoms with Crippen LogP contribution in [0.25, 0.3) is 0 Å². The first-order chi connectivity index (χ1) is 7.72. The number of nitriles is 1. The molecule has 1 heterocycles. The molecule has 0 aliphatic rings. The summed E-state index contributed by atoms with van der Waals surface area (Å²) in [6.07, 6.45) is 1.89. The zero-order valence-corrected chi connectivity index (χ0v) is 10.1. The molecular formula is C11H18N4O. The molecule has 0 unspecified atom stereocenters. The van der Waals surface area contributed by atoms with Crippen molar-refractivity contribution < 1.29 is 4.74 Å². The minimum Gasteiger partial charge on any atom is -0.367 e. The van der Waals surface area contributed by atoms with Crippen LogP contribution >= 0.6 is 0 Å². The normalized spacial score (nSPS) is 11.4. The van der Waals surface area contributed by atoms with E-state index in [9.17, 15) is 0 Å². The lowest BCUT2D eigenvalue weighted by atomic mass is 9.96. The molecule has 0 atom stereocenters. The Hall–Kier alpha value is -1.41. The zero-order chi connectivity index (χ0) is 12.0. The molecule has 0 saturated carbocycles. The van der Waals surface area contributed by atoms with Gasteiger partial charge in [0.25, 0.3) is 0 Å². The maximum atomic E-state index is 8.58. The SMILES string of the molecule is CCOC(CC)(CC)c1n[nH]c(CC#N)n1. The number of aromatic nitrogens is 3. The molecule has 0 bridgehead atoms. The third kappa shape index (κ3) is 2.39. The van der Waals surface area contributed by atoms with E-state index in [1.54, 1.807) is 0 Å². The number of aromatic amines is 1. The lowest BCUT2D eigenvalue weighted by molar-refractivity contribution is -0.0569. The number of nitrogens with one attached hydrogen (secondary N) is 1. The maximum Gasteiger partial charge on any atom is 0.182 e. The van der Waals surface area contributed by atoms with E-state index >= 15 is 0 Å². The Morgan fingerprint density at radius 3 is 2.56 bits per heavy atom. The Labute approximate surface area is 95.8 Å². The fourth-order valence-corrected chi connectivity index (χ4v) is 1.76. The Morgan fingerprint density at radius 1 is 1.38 bits per heavy atom. The molecule has 1 aromatic heterocycles. The number of hydrogen-bond donors (Lipinski definition) is 1. The van der Waals surface area contributed by atoms with Gasteiger partial charge < -0.3 is 4.74 Å². The Balaban J connectivity index is 2.96. The molecular weight excluding hydrogens is 204 g/mol. The van der Waals surface area contributed by atoms with Crippen molar-refractivity contribution in [2.45, 2.75) is 45.6 Å². The highest BCUT2D eigenvalue weighted by atomic mass is 16.5. The maximum absolute atomic E-state index is 8.58. The minimum atomic E-state index is -0.418. The zero-order valence-electron chi connectivity index (χ0n) is 10.1. The second kappa shape index (κ2) is 5.61. The third-order valence-corrected chi connectivity index (χ3v) is 2.75. The van der Waals surface area contributed by atoms with Crippen LogP contribution in [0.15, 0.2) is 0 Å². The van der Waals surface area contributed by atoms with Gasteiger partial charge in [-0.05, 0) is 19.8 Å². The predicted octanol–water partition coefficient (Wildman–Crippen LogP) is 1.92. The average molecular weight is 222 g/mol. The van der Waals surface area contributed by atoms with Crippen LogP contribution in [-0.2, 0) is 16.8 Å². The molecule has 0 aromatic carbocycles. The van der Waals surface area contributed by atoms with Gasteiger partial charge in [0, 0.05) is 6.61 Å². The molecule has 0 saturated heterocycles. The van der Waals surface area contributed by atoms with E-state index in [-0.39, 0.29) is 6.42 Å². The van der Waals surface area contributed by atoms with Crippen molar-refractivity contribution in [3.8, 4) is 6.07 Å². The highest BCUT2D eigenvalue weighted by Crippen LogP contribution is 2.30. The van der Waals surface area contributed by atoms with Crippen LogP contribution in [0, 0.1) is 11.3 Å². The van der Waals surface area contributed by atoms with Gasteiger partial charge in [0.05, 0.1) is 12.5 Å². The number of hydrogen-bond acceptors (Lipinski definition) is 4. The van der Waals surface area contributed by atoms with Gasteiger partial charge in [-0.2, -0.15) is 10.4 Å². The molecule has 1 rings (SSSR count). The fraction of sp³-hybridized carbons (Fsp3) is 0.727. The molecule has 88 valence electrons. The number of ether oxygens (including phenoxy) is 1. The van der Waals surface area contributed by atoms with Crippen LogP contribution in [0.2, 0.25) is 0 Å². The molecule has 16 heavy (non-hydrogen) atoms. The fourth-order valence-electron chi connectivity index (χ4n) is 1.76. The van der Waals surface area contributed by atoms with Crippen LogP contribution in [0.5, 0.6) is 0 Å². The third-order valence-electron chi connectivity index (χ3n) is 2.75. The highest BCUT2D eigenvalue weighted by Gasteiger charge is 2.33. The number of H-pyrrole nitrogens is 1. The molecule has 1 aromatic rings. The first-order valence-electron chi connectivity index (χ1n) is 5.65. The molecule has 5 heteroatoms. The van der Waals surface area contributed by atoms with Crippen molar-refractivity contribution in [2.75, 3.05) is 6.61 Å². The topological polar surface area (TPSA) is 74.6 Å². The Morgan fingerprint density at radius 2 is 2.06 bits per heavy atom. The Bertz CT molecular complexity index is 362. The minimum absolute atomic E-state index is 0.253. The van der Waals surface area contributed by atoms with Gasteiger partial charge in [0.2, 0.25) is 0 Å².